The van der Waals surface area contributed by atoms with Crippen molar-refractivity contribution in [3.63, 3.8) is 0 Å². The van der Waals surface area contributed by atoms with Crippen molar-refractivity contribution in [2.75, 3.05) is 60.4 Å². The first kappa shape index (κ1) is 39.5. The van der Waals surface area contributed by atoms with Crippen molar-refractivity contribution in [2.24, 2.45) is 0 Å². The van der Waals surface area contributed by atoms with Gasteiger partial charge in [0, 0.05) is 35.7 Å². The maximum atomic E-state index is 13.2. The number of sulfonamides is 1. The van der Waals surface area contributed by atoms with Crippen LogP contribution in [0.2, 0.25) is 10.0 Å². The summed E-state index contributed by atoms with van der Waals surface area (Å²) < 4.78 is 54.7. The topological polar surface area (TPSA) is 150 Å². The van der Waals surface area contributed by atoms with E-state index in [0.29, 0.717) is 57.6 Å². The van der Waals surface area contributed by atoms with Gasteiger partial charge in [0.15, 0.2) is 0 Å². The van der Waals surface area contributed by atoms with Crippen LogP contribution in [0.25, 0.3) is 11.1 Å². The van der Waals surface area contributed by atoms with Crippen molar-refractivity contribution in [3.8, 4) is 16.9 Å². The van der Waals surface area contributed by atoms with Crippen LogP contribution in [0.5, 0.6) is 5.75 Å². The van der Waals surface area contributed by atoms with Crippen LogP contribution in [0.3, 0.4) is 0 Å². The second-order valence-electron chi connectivity index (χ2n) is 11.6. The summed E-state index contributed by atoms with van der Waals surface area (Å²) in [7, 11) is -0.865. The van der Waals surface area contributed by atoms with Crippen molar-refractivity contribution >= 4 is 45.1 Å². The fourth-order valence-electron chi connectivity index (χ4n) is 5.45. The zero-order valence-corrected chi connectivity index (χ0v) is 30.5. The van der Waals surface area contributed by atoms with Crippen LogP contribution < -0.4 is 10.1 Å². The summed E-state index contributed by atoms with van der Waals surface area (Å²) >= 11 is 12.0. The van der Waals surface area contributed by atoms with Crippen LogP contribution in [0.15, 0.2) is 59.5 Å². The molecule has 4 rings (SSSR count). The third-order valence-electron chi connectivity index (χ3n) is 8.04. The number of carboxylic acid groups (broad SMARTS) is 1. The number of hydrogen-bond donors (Lipinski definition) is 2. The molecule has 0 saturated carbocycles. The summed E-state index contributed by atoms with van der Waals surface area (Å²) in [5, 5.41) is 12.7. The molecule has 0 bridgehead atoms. The van der Waals surface area contributed by atoms with Gasteiger partial charge in [0.1, 0.15) is 17.8 Å². The highest BCUT2D eigenvalue weighted by Gasteiger charge is 2.43. The lowest BCUT2D eigenvalue weighted by molar-refractivity contribution is -0.143. The molecule has 1 saturated heterocycles. The van der Waals surface area contributed by atoms with Crippen molar-refractivity contribution in [3.05, 3.63) is 81.3 Å². The molecule has 0 aromatic heterocycles. The fraction of sp³-hybridized carbons (Fsp3) is 0.429. The van der Waals surface area contributed by atoms with Crippen LogP contribution in [0.1, 0.15) is 23.1 Å². The first-order chi connectivity index (χ1) is 23.9. The highest BCUT2D eigenvalue weighted by atomic mass is 35.5. The first-order valence-electron chi connectivity index (χ1n) is 15.9. The van der Waals surface area contributed by atoms with Gasteiger partial charge in [-0.05, 0) is 59.9 Å². The van der Waals surface area contributed by atoms with E-state index in [-0.39, 0.29) is 34.3 Å². The van der Waals surface area contributed by atoms with Crippen molar-refractivity contribution in [1.82, 2.24) is 9.62 Å². The Kier molecular flexibility index (Phi) is 14.9. The van der Waals surface area contributed by atoms with Gasteiger partial charge in [0.2, 0.25) is 15.9 Å². The summed E-state index contributed by atoms with van der Waals surface area (Å²) in [6.07, 6.45) is 0.231. The molecule has 15 heteroatoms. The third-order valence-corrected chi connectivity index (χ3v) is 10.4. The van der Waals surface area contributed by atoms with Crippen LogP contribution in [0.4, 0.5) is 0 Å². The number of carbonyl (C=O) groups is 2. The predicted octanol–water partition coefficient (Wildman–Crippen LogP) is 4.75. The Hall–Kier alpha value is -3.27. The highest BCUT2D eigenvalue weighted by molar-refractivity contribution is 7.89. The van der Waals surface area contributed by atoms with Gasteiger partial charge >= 0.3 is 5.97 Å². The molecule has 1 aliphatic heterocycles. The van der Waals surface area contributed by atoms with E-state index in [0.717, 1.165) is 26.6 Å². The van der Waals surface area contributed by atoms with Crippen molar-refractivity contribution < 1.29 is 46.8 Å². The monoisotopic (exact) mass is 752 g/mol. The summed E-state index contributed by atoms with van der Waals surface area (Å²) in [4.78, 5) is 25.1. The lowest BCUT2D eigenvalue weighted by Crippen LogP contribution is -2.60. The SMILES string of the molecule is COCCOCCOCCOCc1cc(C)c(-c2ccc(C[C@H](NC(=O)[C@@H]3CCN3S(=O)(=O)c3cc(Cl)cc(Cl)c3)C(=O)O)cc2)c(OC)c1. The molecular weight excluding hydrogens is 711 g/mol. The van der Waals surface area contributed by atoms with Crippen LogP contribution in [0, 0.1) is 6.92 Å². The Balaban J connectivity index is 1.34. The van der Waals surface area contributed by atoms with Crippen molar-refractivity contribution in [1.29, 1.82) is 0 Å². The number of aryl methyl sites for hydroxylation is 1. The molecular formula is C35H42Cl2N2O10S. The number of hydrogen-bond acceptors (Lipinski definition) is 9. The number of halogens is 2. The Morgan fingerprint density at radius 3 is 2.08 bits per heavy atom. The molecule has 3 aromatic rings. The summed E-state index contributed by atoms with van der Waals surface area (Å²) in [6.45, 7) is 5.38. The number of rotatable bonds is 20. The number of aliphatic carboxylic acids is 1. The molecule has 0 aliphatic carbocycles. The van der Waals surface area contributed by atoms with E-state index in [9.17, 15) is 23.1 Å². The molecule has 1 amide bonds. The molecule has 0 spiro atoms. The standard InChI is InChI=1S/C35H42Cl2N2O10S/c1-23-16-25(22-49-15-14-48-13-12-47-11-10-45-2)18-32(46-3)33(23)26-6-4-24(5-7-26)17-30(35(41)42)38-34(40)31-8-9-39(31)50(43,44)29-20-27(36)19-28(37)21-29/h4-7,16,18-21,30-31H,8-15,17,22H2,1-3H3,(H,38,40)(H,41,42)/t30-,31-/m0/s1. The Morgan fingerprint density at radius 2 is 1.52 bits per heavy atom. The van der Waals surface area contributed by atoms with Gasteiger partial charge in [-0.1, -0.05) is 53.5 Å². The Morgan fingerprint density at radius 1 is 0.900 bits per heavy atom. The smallest absolute Gasteiger partial charge is 0.326 e. The zero-order chi connectivity index (χ0) is 36.3. The minimum atomic E-state index is -4.09. The van der Waals surface area contributed by atoms with Crippen LogP contribution in [-0.4, -0.2) is 102 Å². The fourth-order valence-corrected chi connectivity index (χ4v) is 7.81. The average Bonchev–Trinajstić information content (AvgIpc) is 3.04. The van der Waals surface area contributed by atoms with Gasteiger partial charge in [0.05, 0.1) is 58.3 Å². The van der Waals surface area contributed by atoms with E-state index >= 15 is 0 Å². The molecule has 1 heterocycles. The molecule has 3 aromatic carbocycles. The number of methoxy groups -OCH3 is 2. The number of amides is 1. The molecule has 50 heavy (non-hydrogen) atoms. The van der Waals surface area contributed by atoms with E-state index in [1.165, 1.54) is 18.2 Å². The number of carboxylic acids is 1. The van der Waals surface area contributed by atoms with Crippen LogP contribution in [-0.2, 0) is 51.6 Å². The second kappa shape index (κ2) is 18.8. The zero-order valence-electron chi connectivity index (χ0n) is 28.2. The normalized spacial score (nSPS) is 15.3. The number of benzene rings is 3. The average molecular weight is 754 g/mol. The van der Waals surface area contributed by atoms with E-state index in [1.807, 2.05) is 31.2 Å². The van der Waals surface area contributed by atoms with Gasteiger partial charge in [-0.3, -0.25) is 4.79 Å². The molecule has 2 N–H and O–H groups in total. The molecule has 1 fully saturated rings. The van der Waals surface area contributed by atoms with Gasteiger partial charge in [-0.2, -0.15) is 4.31 Å². The Bertz CT molecular complexity index is 1700. The van der Waals surface area contributed by atoms with Crippen LogP contribution >= 0.6 is 23.2 Å². The number of ether oxygens (including phenoxy) is 5. The van der Waals surface area contributed by atoms with E-state index < -0.39 is 34.0 Å². The second-order valence-corrected chi connectivity index (χ2v) is 14.3. The van der Waals surface area contributed by atoms with Crippen molar-refractivity contribution in [2.45, 2.75) is 43.4 Å². The third kappa shape index (κ3) is 10.6. The van der Waals surface area contributed by atoms with Gasteiger partial charge in [0.25, 0.3) is 0 Å². The number of nitrogens with zero attached hydrogens (tertiary/aromatic N) is 1. The summed E-state index contributed by atoms with van der Waals surface area (Å²) in [5.74, 6) is -1.28. The lowest BCUT2D eigenvalue weighted by atomic mass is 9.95. The minimum Gasteiger partial charge on any atom is -0.496 e. The molecule has 2 atom stereocenters. The quantitative estimate of drug-likeness (QED) is 0.155. The Labute approximate surface area is 302 Å². The van der Waals surface area contributed by atoms with E-state index in [2.05, 4.69) is 5.32 Å². The van der Waals surface area contributed by atoms with Gasteiger partial charge in [-0.25, -0.2) is 13.2 Å². The van der Waals surface area contributed by atoms with Gasteiger partial charge in [-0.15, -0.1) is 0 Å². The first-order valence-corrected chi connectivity index (χ1v) is 18.1. The number of carbonyl (C=O) groups excluding carboxylic acids is 1. The molecule has 272 valence electrons. The minimum absolute atomic E-state index is 0.0122. The predicted molar refractivity (Wildman–Crippen MR) is 188 cm³/mol. The molecule has 12 nitrogen and oxygen atoms in total. The maximum absolute atomic E-state index is 13.2. The summed E-state index contributed by atoms with van der Waals surface area (Å²) in [5.41, 5.74) is 4.32. The lowest BCUT2D eigenvalue weighted by Gasteiger charge is -2.38. The molecule has 0 radical (unpaired) electrons. The maximum Gasteiger partial charge on any atom is 0.326 e. The van der Waals surface area contributed by atoms with E-state index in [1.54, 1.807) is 26.4 Å². The molecule has 0 unspecified atom stereocenters. The number of nitrogens with one attached hydrogen (secondary N) is 1. The largest absolute Gasteiger partial charge is 0.496 e. The van der Waals surface area contributed by atoms with Gasteiger partial charge < -0.3 is 34.1 Å². The molecule has 1 aliphatic rings. The summed E-state index contributed by atoms with van der Waals surface area (Å²) in [6, 6.07) is 12.8. The van der Waals surface area contributed by atoms with E-state index in [4.69, 9.17) is 46.9 Å². The highest BCUT2D eigenvalue weighted by Crippen LogP contribution is 2.35.